The molecule has 1 fully saturated rings. The fourth-order valence-electron chi connectivity index (χ4n) is 3.40. The van der Waals surface area contributed by atoms with Gasteiger partial charge < -0.3 is 19.9 Å². The Morgan fingerprint density at radius 3 is 2.62 bits per heavy atom. The van der Waals surface area contributed by atoms with Crippen LogP contribution in [0.2, 0.25) is 0 Å². The van der Waals surface area contributed by atoms with E-state index >= 15 is 0 Å². The van der Waals surface area contributed by atoms with E-state index in [1.165, 1.54) is 7.11 Å². The van der Waals surface area contributed by atoms with Crippen molar-refractivity contribution < 1.29 is 24.2 Å². The van der Waals surface area contributed by atoms with Crippen molar-refractivity contribution in [1.29, 1.82) is 0 Å². The highest BCUT2D eigenvalue weighted by atomic mass is 16.5. The number of benzene rings is 2. The maximum absolute atomic E-state index is 13.0. The Balaban J connectivity index is 1.67. The van der Waals surface area contributed by atoms with Crippen molar-refractivity contribution in [2.75, 3.05) is 20.3 Å². The molecule has 1 aliphatic heterocycles. The summed E-state index contributed by atoms with van der Waals surface area (Å²) < 4.78 is 10.9. The summed E-state index contributed by atoms with van der Waals surface area (Å²) in [5.74, 6) is 0.820. The maximum Gasteiger partial charge on any atom is 0.325 e. The van der Waals surface area contributed by atoms with Crippen LogP contribution in [0.5, 0.6) is 11.5 Å². The molecule has 29 heavy (non-hydrogen) atoms. The highest BCUT2D eigenvalue weighted by Crippen LogP contribution is 2.31. The van der Waals surface area contributed by atoms with Crippen molar-refractivity contribution in [3.05, 3.63) is 59.2 Å². The van der Waals surface area contributed by atoms with Crippen LogP contribution in [0, 0.1) is 13.8 Å². The van der Waals surface area contributed by atoms with Crippen LogP contribution in [-0.2, 0) is 10.3 Å². The summed E-state index contributed by atoms with van der Waals surface area (Å²) in [5.41, 5.74) is 1.46. The average Bonchev–Trinajstić information content (AvgIpc) is 2.91. The van der Waals surface area contributed by atoms with E-state index in [0.717, 1.165) is 16.0 Å². The Kier molecular flexibility index (Phi) is 5.79. The summed E-state index contributed by atoms with van der Waals surface area (Å²) in [4.78, 5) is 26.5. The average molecular weight is 398 g/mol. The van der Waals surface area contributed by atoms with Gasteiger partial charge >= 0.3 is 6.03 Å². The summed E-state index contributed by atoms with van der Waals surface area (Å²) in [5, 5.41) is 13.1. The third kappa shape index (κ3) is 4.19. The predicted octanol–water partition coefficient (Wildman–Crippen LogP) is 2.52. The SMILES string of the molecule is COc1cccc([C@@]2(C)NC(=O)N(C[C@@H](O)COc3ccc(C)cc3C)C2=O)c1. The standard InChI is InChI=1S/C22H26N2O5/c1-14-8-9-19(15(2)10-14)29-13-17(25)12-24-20(26)22(3,23-21(24)27)16-6-5-7-18(11-16)28-4/h5-11,17,25H,12-13H2,1-4H3,(H,23,27)/t17-,22-/m1/s1. The fraction of sp³-hybridized carbons (Fsp3) is 0.364. The number of ether oxygens (including phenoxy) is 2. The first-order valence-electron chi connectivity index (χ1n) is 9.41. The number of aliphatic hydroxyl groups excluding tert-OH is 1. The Morgan fingerprint density at radius 2 is 1.93 bits per heavy atom. The molecule has 0 radical (unpaired) electrons. The van der Waals surface area contributed by atoms with Crippen LogP contribution in [-0.4, -0.2) is 48.3 Å². The smallest absolute Gasteiger partial charge is 0.325 e. The Hall–Kier alpha value is -3.06. The number of hydrogen-bond donors (Lipinski definition) is 2. The van der Waals surface area contributed by atoms with Crippen molar-refractivity contribution >= 4 is 11.9 Å². The van der Waals surface area contributed by atoms with E-state index < -0.39 is 23.6 Å². The van der Waals surface area contributed by atoms with E-state index in [0.29, 0.717) is 17.1 Å². The zero-order valence-electron chi connectivity index (χ0n) is 17.1. The molecular formula is C22H26N2O5. The zero-order chi connectivity index (χ0) is 21.2. The molecule has 154 valence electrons. The van der Waals surface area contributed by atoms with E-state index in [-0.39, 0.29) is 13.2 Å². The molecule has 0 bridgehead atoms. The number of rotatable bonds is 7. The second-order valence-electron chi connectivity index (χ2n) is 7.44. The van der Waals surface area contributed by atoms with Gasteiger partial charge in [0.2, 0.25) is 0 Å². The third-order valence-electron chi connectivity index (χ3n) is 5.08. The highest BCUT2D eigenvalue weighted by Gasteiger charge is 2.49. The number of aryl methyl sites for hydroxylation is 2. The van der Waals surface area contributed by atoms with Crippen LogP contribution in [0.15, 0.2) is 42.5 Å². The lowest BCUT2D eigenvalue weighted by molar-refractivity contribution is -0.132. The fourth-order valence-corrected chi connectivity index (χ4v) is 3.40. The third-order valence-corrected chi connectivity index (χ3v) is 5.08. The normalized spacial score (nSPS) is 19.8. The molecule has 3 amide bonds. The number of imide groups is 1. The molecule has 0 unspecified atom stereocenters. The van der Waals surface area contributed by atoms with Crippen LogP contribution >= 0.6 is 0 Å². The molecule has 7 heteroatoms. The van der Waals surface area contributed by atoms with E-state index in [9.17, 15) is 14.7 Å². The largest absolute Gasteiger partial charge is 0.497 e. The number of urea groups is 1. The number of nitrogens with zero attached hydrogens (tertiary/aromatic N) is 1. The number of nitrogens with one attached hydrogen (secondary N) is 1. The monoisotopic (exact) mass is 398 g/mol. The van der Waals surface area contributed by atoms with Gasteiger partial charge in [0.15, 0.2) is 0 Å². The van der Waals surface area contributed by atoms with Crippen LogP contribution in [0.1, 0.15) is 23.6 Å². The van der Waals surface area contributed by atoms with Crippen LogP contribution < -0.4 is 14.8 Å². The lowest BCUT2D eigenvalue weighted by atomic mass is 9.92. The molecule has 1 heterocycles. The van der Waals surface area contributed by atoms with Gasteiger partial charge in [-0.3, -0.25) is 9.69 Å². The second-order valence-corrected chi connectivity index (χ2v) is 7.44. The number of hydrogen-bond acceptors (Lipinski definition) is 5. The molecule has 2 aromatic rings. The van der Waals surface area contributed by atoms with Crippen molar-refractivity contribution in [1.82, 2.24) is 10.2 Å². The highest BCUT2D eigenvalue weighted by molar-refractivity contribution is 6.07. The van der Waals surface area contributed by atoms with Crippen LogP contribution in [0.3, 0.4) is 0 Å². The van der Waals surface area contributed by atoms with Gasteiger partial charge in [-0.2, -0.15) is 0 Å². The topological polar surface area (TPSA) is 88.1 Å². The number of amides is 3. The van der Waals surface area contributed by atoms with Crippen molar-refractivity contribution in [2.45, 2.75) is 32.4 Å². The minimum Gasteiger partial charge on any atom is -0.497 e. The summed E-state index contributed by atoms with van der Waals surface area (Å²) in [6, 6.07) is 12.2. The van der Waals surface area contributed by atoms with Gasteiger partial charge in [-0.15, -0.1) is 0 Å². The molecule has 0 saturated carbocycles. The first-order valence-corrected chi connectivity index (χ1v) is 9.41. The van der Waals surface area contributed by atoms with E-state index in [2.05, 4.69) is 5.32 Å². The molecule has 1 saturated heterocycles. The summed E-state index contributed by atoms with van der Waals surface area (Å²) in [7, 11) is 1.54. The van der Waals surface area contributed by atoms with E-state index in [1.54, 1.807) is 31.2 Å². The number of carbonyl (C=O) groups is 2. The molecule has 0 aromatic heterocycles. The summed E-state index contributed by atoms with van der Waals surface area (Å²) in [6.45, 7) is 5.36. The quantitative estimate of drug-likeness (QED) is 0.700. The first kappa shape index (κ1) is 20.7. The van der Waals surface area contributed by atoms with Crippen molar-refractivity contribution in [2.24, 2.45) is 0 Å². The molecule has 2 aromatic carbocycles. The number of aliphatic hydroxyl groups is 1. The minimum absolute atomic E-state index is 0.0309. The molecule has 0 aliphatic carbocycles. The van der Waals surface area contributed by atoms with Crippen LogP contribution in [0.4, 0.5) is 4.79 Å². The van der Waals surface area contributed by atoms with Gasteiger partial charge in [0.05, 0.1) is 13.7 Å². The molecule has 7 nitrogen and oxygen atoms in total. The van der Waals surface area contributed by atoms with Gasteiger partial charge in [0, 0.05) is 0 Å². The minimum atomic E-state index is -1.22. The second kappa shape index (κ2) is 8.13. The predicted molar refractivity (Wildman–Crippen MR) is 108 cm³/mol. The Bertz CT molecular complexity index is 929. The Morgan fingerprint density at radius 1 is 1.17 bits per heavy atom. The molecule has 0 spiro atoms. The zero-order valence-corrected chi connectivity index (χ0v) is 17.1. The number of β-amino-alcohol motifs (C(OH)–C–C–N with tert-alkyl or cyclic N) is 1. The molecule has 3 rings (SSSR count). The number of carbonyl (C=O) groups excluding carboxylic acids is 2. The molecule has 1 aliphatic rings. The molecular weight excluding hydrogens is 372 g/mol. The Labute approximate surface area is 170 Å². The van der Waals surface area contributed by atoms with E-state index in [1.807, 2.05) is 32.0 Å². The van der Waals surface area contributed by atoms with Gasteiger partial charge in [0.25, 0.3) is 5.91 Å². The summed E-state index contributed by atoms with van der Waals surface area (Å²) >= 11 is 0. The lowest BCUT2D eigenvalue weighted by Gasteiger charge is -2.23. The lowest BCUT2D eigenvalue weighted by Crippen LogP contribution is -2.42. The van der Waals surface area contributed by atoms with Crippen molar-refractivity contribution in [3.63, 3.8) is 0 Å². The van der Waals surface area contributed by atoms with Gasteiger partial charge in [-0.1, -0.05) is 29.8 Å². The van der Waals surface area contributed by atoms with Gasteiger partial charge in [-0.25, -0.2) is 4.79 Å². The van der Waals surface area contributed by atoms with Crippen molar-refractivity contribution in [3.8, 4) is 11.5 Å². The molecule has 2 N–H and O–H groups in total. The van der Waals surface area contributed by atoms with E-state index in [4.69, 9.17) is 9.47 Å². The number of methoxy groups -OCH3 is 1. The maximum atomic E-state index is 13.0. The van der Waals surface area contributed by atoms with Gasteiger partial charge in [0.1, 0.15) is 29.7 Å². The summed E-state index contributed by atoms with van der Waals surface area (Å²) in [6.07, 6.45) is -1.02. The van der Waals surface area contributed by atoms with Crippen LogP contribution in [0.25, 0.3) is 0 Å². The van der Waals surface area contributed by atoms with Gasteiger partial charge in [-0.05, 0) is 50.1 Å². The first-order chi connectivity index (χ1) is 13.7. The molecule has 2 atom stereocenters.